The summed E-state index contributed by atoms with van der Waals surface area (Å²) in [6.07, 6.45) is -1.38. The molecule has 2 atom stereocenters. The Morgan fingerprint density at radius 1 is 1.03 bits per heavy atom. The first-order valence-electron chi connectivity index (χ1n) is 10.6. The molecule has 7 nitrogen and oxygen atoms in total. The Morgan fingerprint density at radius 2 is 1.62 bits per heavy atom. The van der Waals surface area contributed by atoms with E-state index in [1.807, 2.05) is 74.5 Å². The maximum absolute atomic E-state index is 12.9. The van der Waals surface area contributed by atoms with Crippen LogP contribution in [0.3, 0.4) is 0 Å². The van der Waals surface area contributed by atoms with Crippen molar-refractivity contribution in [1.29, 1.82) is 5.26 Å². The third-order valence-electron chi connectivity index (χ3n) is 4.66. The van der Waals surface area contributed by atoms with Gasteiger partial charge in [-0.15, -0.1) is 0 Å². The standard InChI is InChI=1S/C25H31N3O4/c1-19(2)14-22(32-24(30)27-15-20-10-6-4-7-11-20)23(29)28-25(3,17-26)18-31-16-21-12-8-5-9-13-21/h4-13,19,22H,14-16,18H2,1-3H3,(H,27,30)(H,28,29). The second kappa shape index (κ2) is 12.5. The van der Waals surface area contributed by atoms with E-state index in [4.69, 9.17) is 9.47 Å². The van der Waals surface area contributed by atoms with Crippen molar-refractivity contribution >= 4 is 12.0 Å². The molecule has 0 heterocycles. The number of nitrogens with zero attached hydrogens (tertiary/aromatic N) is 1. The van der Waals surface area contributed by atoms with E-state index >= 15 is 0 Å². The Kier molecular flexibility index (Phi) is 9.71. The number of benzene rings is 2. The molecule has 0 aliphatic rings. The van der Waals surface area contributed by atoms with Crippen molar-refractivity contribution in [2.24, 2.45) is 5.92 Å². The summed E-state index contributed by atoms with van der Waals surface area (Å²) in [4.78, 5) is 25.1. The van der Waals surface area contributed by atoms with Gasteiger partial charge in [-0.05, 0) is 30.4 Å². The number of nitriles is 1. The maximum Gasteiger partial charge on any atom is 0.408 e. The first kappa shape index (κ1) is 24.9. The third-order valence-corrected chi connectivity index (χ3v) is 4.66. The molecule has 0 fully saturated rings. The Labute approximate surface area is 189 Å². The van der Waals surface area contributed by atoms with Gasteiger partial charge in [0, 0.05) is 6.54 Å². The predicted molar refractivity (Wildman–Crippen MR) is 121 cm³/mol. The van der Waals surface area contributed by atoms with Crippen molar-refractivity contribution in [3.8, 4) is 6.07 Å². The molecule has 32 heavy (non-hydrogen) atoms. The van der Waals surface area contributed by atoms with Gasteiger partial charge in [-0.3, -0.25) is 4.79 Å². The fourth-order valence-corrected chi connectivity index (χ4v) is 2.97. The van der Waals surface area contributed by atoms with Crippen molar-refractivity contribution in [2.45, 2.75) is 52.0 Å². The molecular weight excluding hydrogens is 406 g/mol. The summed E-state index contributed by atoms with van der Waals surface area (Å²) in [7, 11) is 0. The Balaban J connectivity index is 1.92. The van der Waals surface area contributed by atoms with E-state index in [9.17, 15) is 14.9 Å². The Hall–Kier alpha value is -3.37. The summed E-state index contributed by atoms with van der Waals surface area (Å²) in [6, 6.07) is 21.0. The molecule has 2 unspecified atom stereocenters. The monoisotopic (exact) mass is 437 g/mol. The van der Waals surface area contributed by atoms with Gasteiger partial charge in [0.15, 0.2) is 6.10 Å². The lowest BCUT2D eigenvalue weighted by molar-refractivity contribution is -0.132. The van der Waals surface area contributed by atoms with E-state index in [1.54, 1.807) is 6.92 Å². The highest BCUT2D eigenvalue weighted by Gasteiger charge is 2.32. The van der Waals surface area contributed by atoms with E-state index in [1.165, 1.54) is 0 Å². The summed E-state index contributed by atoms with van der Waals surface area (Å²) in [5.74, 6) is -0.420. The molecule has 2 aromatic rings. The smallest absolute Gasteiger partial charge is 0.408 e. The summed E-state index contributed by atoms with van der Waals surface area (Å²) in [5, 5.41) is 15.0. The number of nitrogens with one attached hydrogen (secondary N) is 2. The quantitative estimate of drug-likeness (QED) is 0.555. The fraction of sp³-hybridized carbons (Fsp3) is 0.400. The third kappa shape index (κ3) is 8.78. The number of ether oxygens (including phenoxy) is 2. The molecule has 0 radical (unpaired) electrons. The van der Waals surface area contributed by atoms with Gasteiger partial charge in [0.05, 0.1) is 19.3 Å². The summed E-state index contributed by atoms with van der Waals surface area (Å²) >= 11 is 0. The van der Waals surface area contributed by atoms with Crippen LogP contribution < -0.4 is 10.6 Å². The molecule has 170 valence electrons. The van der Waals surface area contributed by atoms with Crippen LogP contribution in [0.5, 0.6) is 0 Å². The lowest BCUT2D eigenvalue weighted by atomic mass is 10.0. The number of alkyl carbamates (subject to hydrolysis) is 1. The predicted octanol–water partition coefficient (Wildman–Crippen LogP) is 3.94. The van der Waals surface area contributed by atoms with Gasteiger partial charge in [0.2, 0.25) is 0 Å². The molecule has 0 aliphatic heterocycles. The summed E-state index contributed by atoms with van der Waals surface area (Å²) in [6.45, 7) is 6.05. The topological polar surface area (TPSA) is 100 Å². The summed E-state index contributed by atoms with van der Waals surface area (Å²) < 4.78 is 11.0. The molecule has 0 aromatic heterocycles. The molecule has 0 spiro atoms. The van der Waals surface area contributed by atoms with Crippen LogP contribution in [0.15, 0.2) is 60.7 Å². The van der Waals surface area contributed by atoms with Crippen molar-refractivity contribution in [1.82, 2.24) is 10.6 Å². The van der Waals surface area contributed by atoms with Crippen LogP contribution in [-0.2, 0) is 27.4 Å². The second-order valence-electron chi connectivity index (χ2n) is 8.27. The normalized spacial score (nSPS) is 13.5. The fourth-order valence-electron chi connectivity index (χ4n) is 2.97. The van der Waals surface area contributed by atoms with Gasteiger partial charge >= 0.3 is 6.09 Å². The molecule has 2 aromatic carbocycles. The zero-order valence-electron chi connectivity index (χ0n) is 18.8. The lowest BCUT2D eigenvalue weighted by Crippen LogP contribution is -2.53. The average Bonchev–Trinajstić information content (AvgIpc) is 2.78. The summed E-state index contributed by atoms with van der Waals surface area (Å²) in [5.41, 5.74) is 0.627. The van der Waals surface area contributed by atoms with Gasteiger partial charge in [-0.1, -0.05) is 74.5 Å². The van der Waals surface area contributed by atoms with Gasteiger partial charge in [-0.2, -0.15) is 5.26 Å². The molecule has 0 bridgehead atoms. The van der Waals surface area contributed by atoms with E-state index in [0.29, 0.717) is 19.6 Å². The molecule has 7 heteroatoms. The zero-order chi connectivity index (χ0) is 23.4. The largest absolute Gasteiger partial charge is 0.436 e. The first-order valence-corrected chi connectivity index (χ1v) is 10.6. The van der Waals surface area contributed by atoms with E-state index in [2.05, 4.69) is 16.7 Å². The van der Waals surface area contributed by atoms with E-state index in [-0.39, 0.29) is 12.5 Å². The van der Waals surface area contributed by atoms with Gasteiger partial charge in [-0.25, -0.2) is 4.79 Å². The van der Waals surface area contributed by atoms with Crippen LogP contribution >= 0.6 is 0 Å². The molecule has 2 rings (SSSR count). The van der Waals surface area contributed by atoms with Crippen LogP contribution in [0, 0.1) is 17.2 Å². The molecular formula is C25H31N3O4. The second-order valence-corrected chi connectivity index (χ2v) is 8.27. The van der Waals surface area contributed by atoms with Gasteiger partial charge in [0.1, 0.15) is 5.54 Å². The molecule has 2 amide bonds. The maximum atomic E-state index is 12.9. The number of hydrogen-bond donors (Lipinski definition) is 2. The van der Waals surface area contributed by atoms with E-state index in [0.717, 1.165) is 11.1 Å². The Bertz CT molecular complexity index is 896. The highest BCUT2D eigenvalue weighted by Crippen LogP contribution is 2.13. The molecule has 0 aliphatic carbocycles. The zero-order valence-corrected chi connectivity index (χ0v) is 18.8. The number of amides is 2. The minimum absolute atomic E-state index is 0.00125. The van der Waals surface area contributed by atoms with Crippen LogP contribution in [0.4, 0.5) is 4.79 Å². The lowest BCUT2D eigenvalue weighted by Gasteiger charge is -2.27. The van der Waals surface area contributed by atoms with E-state index < -0.39 is 23.6 Å². The number of rotatable bonds is 11. The van der Waals surface area contributed by atoms with Gasteiger partial charge < -0.3 is 20.1 Å². The minimum atomic E-state index is -1.26. The Morgan fingerprint density at radius 3 is 2.19 bits per heavy atom. The van der Waals surface area contributed by atoms with Crippen molar-refractivity contribution < 1.29 is 19.1 Å². The highest BCUT2D eigenvalue weighted by atomic mass is 16.6. The van der Waals surface area contributed by atoms with Crippen molar-refractivity contribution in [3.05, 3.63) is 71.8 Å². The van der Waals surface area contributed by atoms with Crippen LogP contribution in [0.25, 0.3) is 0 Å². The van der Waals surface area contributed by atoms with Gasteiger partial charge in [0.25, 0.3) is 5.91 Å². The number of carbonyl (C=O) groups excluding carboxylic acids is 2. The van der Waals surface area contributed by atoms with Crippen molar-refractivity contribution in [2.75, 3.05) is 6.61 Å². The van der Waals surface area contributed by atoms with Crippen LogP contribution in [0.1, 0.15) is 38.3 Å². The molecule has 0 saturated carbocycles. The SMILES string of the molecule is CC(C)CC(OC(=O)NCc1ccccc1)C(=O)NC(C)(C#N)COCc1ccccc1. The minimum Gasteiger partial charge on any atom is -0.436 e. The van der Waals surface area contributed by atoms with Crippen molar-refractivity contribution in [3.63, 3.8) is 0 Å². The molecule has 0 saturated heterocycles. The number of carbonyl (C=O) groups is 2. The number of hydrogen-bond acceptors (Lipinski definition) is 5. The molecule has 2 N–H and O–H groups in total. The van der Waals surface area contributed by atoms with Crippen LogP contribution in [0.2, 0.25) is 0 Å². The van der Waals surface area contributed by atoms with Crippen LogP contribution in [-0.4, -0.2) is 30.3 Å². The first-order chi connectivity index (χ1) is 15.3. The average molecular weight is 438 g/mol. The highest BCUT2D eigenvalue weighted by molar-refractivity contribution is 5.84.